The molecule has 0 aliphatic carbocycles. The van der Waals surface area contributed by atoms with Crippen molar-refractivity contribution in [1.82, 2.24) is 30.0 Å². The zero-order valence-electron chi connectivity index (χ0n) is 26.4. The summed E-state index contributed by atoms with van der Waals surface area (Å²) in [5.41, 5.74) is 2.89. The van der Waals surface area contributed by atoms with Gasteiger partial charge >= 0.3 is 0 Å². The van der Waals surface area contributed by atoms with Gasteiger partial charge in [-0.25, -0.2) is 10.0 Å². The number of hydrogen-bond acceptors (Lipinski definition) is 7. The first-order chi connectivity index (χ1) is 23.3. The molecule has 2 atom stereocenters. The molecule has 2 aliphatic rings. The van der Waals surface area contributed by atoms with Crippen molar-refractivity contribution in [2.45, 2.75) is 38.0 Å². The molecule has 2 fully saturated rings. The molecule has 1 aromatic heterocycles. The van der Waals surface area contributed by atoms with Crippen molar-refractivity contribution >= 4 is 29.4 Å². The lowest BCUT2D eigenvalue weighted by molar-refractivity contribution is -0.205. The van der Waals surface area contributed by atoms with Crippen LogP contribution in [0.5, 0.6) is 5.75 Å². The number of phenols is 1. The van der Waals surface area contributed by atoms with Crippen molar-refractivity contribution in [1.29, 1.82) is 0 Å². The Morgan fingerprint density at radius 2 is 1.75 bits per heavy atom. The summed E-state index contributed by atoms with van der Waals surface area (Å²) in [4.78, 5) is 58.3. The molecule has 3 aromatic carbocycles. The summed E-state index contributed by atoms with van der Waals surface area (Å²) in [7, 11) is 0. The Balaban J connectivity index is 1.31. The van der Waals surface area contributed by atoms with Gasteiger partial charge in [0.2, 0.25) is 17.7 Å². The molecule has 6 rings (SSSR count). The molecule has 48 heavy (non-hydrogen) atoms. The topological polar surface area (TPSA) is 142 Å². The summed E-state index contributed by atoms with van der Waals surface area (Å²) in [6, 6.07) is 24.0. The molecule has 3 N–H and O–H groups in total. The quantitative estimate of drug-likeness (QED) is 0.212. The number of carbonyl (C=O) groups is 4. The average Bonchev–Trinajstić information content (AvgIpc) is 3.60. The number of benzene rings is 3. The van der Waals surface area contributed by atoms with E-state index in [1.165, 1.54) is 6.20 Å². The molecular weight excluding hydrogens is 610 g/mol. The minimum Gasteiger partial charge on any atom is -0.508 e. The van der Waals surface area contributed by atoms with Gasteiger partial charge in [-0.3, -0.25) is 24.3 Å². The fourth-order valence-corrected chi connectivity index (χ4v) is 6.32. The number of phenolic OH excluding ortho intramolecular Hbond substituents is 1. The molecule has 0 radical (unpaired) electrons. The minimum absolute atomic E-state index is 0.0753. The third-order valence-corrected chi connectivity index (χ3v) is 8.57. The van der Waals surface area contributed by atoms with Gasteiger partial charge in [-0.2, -0.15) is 5.10 Å². The molecule has 4 amide bonds. The fraction of sp³-hybridized carbons (Fsp3) is 0.250. The molecule has 2 aliphatic heterocycles. The molecule has 0 saturated carbocycles. The van der Waals surface area contributed by atoms with Gasteiger partial charge < -0.3 is 20.2 Å². The van der Waals surface area contributed by atoms with Gasteiger partial charge in [0.05, 0.1) is 19.3 Å². The van der Waals surface area contributed by atoms with Crippen LogP contribution in [0.4, 0.5) is 5.82 Å². The van der Waals surface area contributed by atoms with E-state index in [4.69, 9.17) is 0 Å². The van der Waals surface area contributed by atoms with Crippen LogP contribution < -0.4 is 5.32 Å². The van der Waals surface area contributed by atoms with Crippen molar-refractivity contribution in [2.75, 3.05) is 25.0 Å². The van der Waals surface area contributed by atoms with E-state index in [2.05, 4.69) is 22.1 Å². The van der Waals surface area contributed by atoms with Crippen LogP contribution in [-0.4, -0.2) is 90.6 Å². The molecule has 0 unspecified atom stereocenters. The molecule has 0 spiro atoms. The second-order valence-electron chi connectivity index (χ2n) is 11.9. The third kappa shape index (κ3) is 7.13. The highest BCUT2D eigenvalue weighted by Crippen LogP contribution is 2.30. The number of aromatic hydroxyl groups is 1. The van der Waals surface area contributed by atoms with E-state index in [1.807, 2.05) is 36.4 Å². The number of aromatic amines is 1. The van der Waals surface area contributed by atoms with Crippen LogP contribution in [0, 0.1) is 0 Å². The van der Waals surface area contributed by atoms with Gasteiger partial charge in [0.1, 0.15) is 23.8 Å². The first kappa shape index (κ1) is 32.2. The molecule has 0 bridgehead atoms. The van der Waals surface area contributed by atoms with Crippen LogP contribution in [0.15, 0.2) is 104 Å². The number of H-pyrrole nitrogens is 1. The van der Waals surface area contributed by atoms with Crippen LogP contribution in [0.25, 0.3) is 0 Å². The summed E-state index contributed by atoms with van der Waals surface area (Å²) in [5, 5.41) is 22.5. The molecule has 3 heterocycles. The minimum atomic E-state index is -0.900. The first-order valence-corrected chi connectivity index (χ1v) is 15.8. The molecule has 2 saturated heterocycles. The highest BCUT2D eigenvalue weighted by Gasteiger charge is 2.51. The maximum absolute atomic E-state index is 14.3. The summed E-state index contributed by atoms with van der Waals surface area (Å²) >= 11 is 0. The van der Waals surface area contributed by atoms with Crippen LogP contribution in [0.3, 0.4) is 0 Å². The lowest BCUT2D eigenvalue weighted by atomic mass is 9.97. The number of hydrazine groups is 1. The van der Waals surface area contributed by atoms with Crippen LogP contribution >= 0.6 is 0 Å². The van der Waals surface area contributed by atoms with Gasteiger partial charge in [0.15, 0.2) is 0 Å². The molecule has 12 nitrogen and oxygen atoms in total. The number of aryl methyl sites for hydroxylation is 1. The number of aromatic nitrogens is 2. The molecule has 246 valence electrons. The number of piperazine rings is 1. The van der Waals surface area contributed by atoms with Crippen molar-refractivity contribution in [3.05, 3.63) is 126 Å². The predicted molar refractivity (Wildman–Crippen MR) is 178 cm³/mol. The second-order valence-corrected chi connectivity index (χ2v) is 11.9. The smallest absolute Gasteiger partial charge is 0.256 e. The van der Waals surface area contributed by atoms with Gasteiger partial charge in [-0.15, -0.1) is 6.58 Å². The first-order valence-electron chi connectivity index (χ1n) is 15.8. The lowest BCUT2D eigenvalue weighted by Crippen LogP contribution is -2.75. The second kappa shape index (κ2) is 14.3. The van der Waals surface area contributed by atoms with E-state index in [0.29, 0.717) is 23.4 Å². The molecule has 12 heteroatoms. The Morgan fingerprint density at radius 3 is 2.48 bits per heavy atom. The zero-order chi connectivity index (χ0) is 33.6. The molecular formula is C36H37N7O5. The summed E-state index contributed by atoms with van der Waals surface area (Å²) in [6.07, 6.45) is 3.35. The van der Waals surface area contributed by atoms with Crippen molar-refractivity contribution < 1.29 is 24.3 Å². The Hall–Kier alpha value is -5.75. The molecule has 4 aromatic rings. The average molecular weight is 648 g/mol. The SMILES string of the molecule is C=CCN1CC(=O)N2[C@@H](Cc3ccc(O)cc3)C(=O)N(Cc3cccc(C(=O)Nc4ccn[nH]4)c3)C[C@@H]2N1C(=O)CCc1ccccc1. The number of nitrogens with one attached hydrogen (secondary N) is 2. The highest BCUT2D eigenvalue weighted by molar-refractivity contribution is 6.03. The van der Waals surface area contributed by atoms with Crippen LogP contribution in [0.1, 0.15) is 33.5 Å². The van der Waals surface area contributed by atoms with Gasteiger partial charge in [-0.1, -0.05) is 60.7 Å². The number of carbonyl (C=O) groups excluding carboxylic acids is 4. The predicted octanol–water partition coefficient (Wildman–Crippen LogP) is 3.35. The van der Waals surface area contributed by atoms with Crippen molar-refractivity contribution in [3.63, 3.8) is 0 Å². The number of fused-ring (bicyclic) bond motifs is 1. The van der Waals surface area contributed by atoms with Gasteiger partial charge in [0, 0.05) is 37.6 Å². The Labute approximate surface area is 278 Å². The van der Waals surface area contributed by atoms with Crippen LogP contribution in [-0.2, 0) is 33.8 Å². The number of amides is 4. The van der Waals surface area contributed by atoms with E-state index in [0.717, 1.165) is 11.1 Å². The van der Waals surface area contributed by atoms with E-state index in [-0.39, 0.29) is 68.4 Å². The van der Waals surface area contributed by atoms with E-state index in [1.54, 1.807) is 74.4 Å². The van der Waals surface area contributed by atoms with Crippen molar-refractivity contribution in [3.8, 4) is 5.75 Å². The third-order valence-electron chi connectivity index (χ3n) is 8.57. The Morgan fingerprint density at radius 1 is 0.979 bits per heavy atom. The lowest BCUT2D eigenvalue weighted by Gasteiger charge is -2.55. The van der Waals surface area contributed by atoms with Gasteiger partial charge in [0.25, 0.3) is 5.91 Å². The largest absolute Gasteiger partial charge is 0.508 e. The maximum atomic E-state index is 14.3. The number of rotatable bonds is 11. The van der Waals surface area contributed by atoms with E-state index >= 15 is 0 Å². The summed E-state index contributed by atoms with van der Waals surface area (Å²) in [6.45, 7) is 4.28. The fourth-order valence-electron chi connectivity index (χ4n) is 6.32. The summed E-state index contributed by atoms with van der Waals surface area (Å²) in [5.74, 6) is -0.489. The highest BCUT2D eigenvalue weighted by atomic mass is 16.3. The number of hydrogen-bond donors (Lipinski definition) is 3. The Kier molecular flexibility index (Phi) is 9.62. The van der Waals surface area contributed by atoms with Crippen LogP contribution in [0.2, 0.25) is 0 Å². The normalized spacial score (nSPS) is 18.0. The van der Waals surface area contributed by atoms with E-state index < -0.39 is 12.2 Å². The number of nitrogens with zero attached hydrogens (tertiary/aromatic N) is 5. The van der Waals surface area contributed by atoms with Gasteiger partial charge in [-0.05, 0) is 47.4 Å². The van der Waals surface area contributed by atoms with Crippen molar-refractivity contribution in [2.24, 2.45) is 0 Å². The Bertz CT molecular complexity index is 1780. The van der Waals surface area contributed by atoms with E-state index in [9.17, 15) is 24.3 Å². The standard InChI is InChI=1S/C36H37N7O5/c1-2-19-41-24-34(46)42-30(21-26-11-14-29(44)15-12-26)36(48)40(23-32(42)43(41)33(45)16-13-25-7-4-3-5-8-25)22-27-9-6-10-28(20-27)35(47)38-31-17-18-37-39-31/h2-12,14-15,17-18,20,30,32,44H,1,13,16,19,21-24H2,(H2,37,38,39,47)/t30-,32-/m0/s1. The maximum Gasteiger partial charge on any atom is 0.256 e. The zero-order valence-corrected chi connectivity index (χ0v) is 26.4. The number of anilines is 1. The monoisotopic (exact) mass is 647 g/mol. The summed E-state index contributed by atoms with van der Waals surface area (Å²) < 4.78 is 0.